The standard InChI is InChI=1S/C26H28N2O5/c1-32-24-14-18(26(31)33-2)7-8-19(24)16-28-12-11-23(29)21-15-20(9-10-22(21)28)27-25(30)13-17-5-3-4-6-17/h7-12,14-15,17H,3-6,13,16H2,1-2H3,(H,27,30). The monoisotopic (exact) mass is 448 g/mol. The molecule has 4 rings (SSSR count). The number of benzene rings is 2. The van der Waals surface area contributed by atoms with Crippen LogP contribution >= 0.6 is 0 Å². The maximum absolute atomic E-state index is 12.6. The van der Waals surface area contributed by atoms with Crippen LogP contribution in [0.4, 0.5) is 5.69 Å². The van der Waals surface area contributed by atoms with Crippen LogP contribution in [0.5, 0.6) is 5.75 Å². The van der Waals surface area contributed by atoms with Gasteiger partial charge in [-0.15, -0.1) is 0 Å². The van der Waals surface area contributed by atoms with Crippen LogP contribution < -0.4 is 15.5 Å². The van der Waals surface area contributed by atoms with E-state index < -0.39 is 5.97 Å². The molecule has 7 nitrogen and oxygen atoms in total. The molecule has 0 aliphatic heterocycles. The third kappa shape index (κ3) is 5.08. The molecule has 0 bridgehead atoms. The highest BCUT2D eigenvalue weighted by Gasteiger charge is 2.19. The van der Waals surface area contributed by atoms with Crippen molar-refractivity contribution in [3.8, 4) is 5.75 Å². The number of rotatable bonds is 7. The van der Waals surface area contributed by atoms with Gasteiger partial charge in [0.2, 0.25) is 5.91 Å². The zero-order valence-electron chi connectivity index (χ0n) is 18.9. The summed E-state index contributed by atoms with van der Waals surface area (Å²) in [4.78, 5) is 36.8. The number of ether oxygens (including phenoxy) is 2. The molecule has 2 aromatic carbocycles. The summed E-state index contributed by atoms with van der Waals surface area (Å²) in [7, 11) is 2.88. The molecule has 1 heterocycles. The average Bonchev–Trinajstić information content (AvgIpc) is 3.33. The van der Waals surface area contributed by atoms with Gasteiger partial charge in [-0.2, -0.15) is 0 Å². The molecule has 33 heavy (non-hydrogen) atoms. The lowest BCUT2D eigenvalue weighted by molar-refractivity contribution is -0.117. The average molecular weight is 449 g/mol. The Hall–Kier alpha value is -3.61. The molecule has 1 fully saturated rings. The van der Waals surface area contributed by atoms with Crippen LogP contribution in [0.25, 0.3) is 10.9 Å². The number of amides is 1. The first-order valence-corrected chi connectivity index (χ1v) is 11.2. The molecule has 0 radical (unpaired) electrons. The van der Waals surface area contributed by atoms with Crippen LogP contribution in [0.15, 0.2) is 53.5 Å². The third-order valence-corrected chi connectivity index (χ3v) is 6.26. The lowest BCUT2D eigenvalue weighted by Crippen LogP contribution is -2.16. The van der Waals surface area contributed by atoms with E-state index in [0.29, 0.717) is 41.3 Å². The Labute approximate surface area is 192 Å². The Kier molecular flexibility index (Phi) is 6.77. The van der Waals surface area contributed by atoms with Crippen molar-refractivity contribution in [3.63, 3.8) is 0 Å². The minimum absolute atomic E-state index is 0.00654. The second-order valence-corrected chi connectivity index (χ2v) is 8.46. The molecule has 1 aromatic heterocycles. The SMILES string of the molecule is COC(=O)c1ccc(Cn2ccc(=O)c3cc(NC(=O)CC4CCCC4)ccc32)c(OC)c1. The molecule has 0 saturated heterocycles. The number of hydrogen-bond acceptors (Lipinski definition) is 5. The first kappa shape index (κ1) is 22.6. The van der Waals surface area contributed by atoms with Crippen LogP contribution in [0.1, 0.15) is 48.0 Å². The summed E-state index contributed by atoms with van der Waals surface area (Å²) in [5.41, 5.74) is 2.52. The first-order valence-electron chi connectivity index (χ1n) is 11.2. The van der Waals surface area contributed by atoms with Gasteiger partial charge >= 0.3 is 5.97 Å². The van der Waals surface area contributed by atoms with Crippen LogP contribution in [0, 0.1) is 5.92 Å². The van der Waals surface area contributed by atoms with E-state index in [0.717, 1.165) is 23.9 Å². The molecule has 0 unspecified atom stereocenters. The van der Waals surface area contributed by atoms with E-state index in [1.54, 1.807) is 31.5 Å². The fourth-order valence-corrected chi connectivity index (χ4v) is 4.52. The zero-order chi connectivity index (χ0) is 23.4. The molecular weight excluding hydrogens is 420 g/mol. The van der Waals surface area contributed by atoms with Crippen LogP contribution in [0.2, 0.25) is 0 Å². The molecule has 3 aromatic rings. The van der Waals surface area contributed by atoms with Gasteiger partial charge in [0.25, 0.3) is 0 Å². The van der Waals surface area contributed by atoms with E-state index >= 15 is 0 Å². The second kappa shape index (κ2) is 9.90. The Bertz CT molecular complexity index is 1240. The highest BCUT2D eigenvalue weighted by atomic mass is 16.5. The number of methoxy groups -OCH3 is 2. The van der Waals surface area contributed by atoms with E-state index in [1.807, 2.05) is 22.8 Å². The lowest BCUT2D eigenvalue weighted by atomic mass is 10.0. The number of nitrogens with one attached hydrogen (secondary N) is 1. The van der Waals surface area contributed by atoms with Crippen molar-refractivity contribution < 1.29 is 19.1 Å². The molecule has 1 aliphatic carbocycles. The van der Waals surface area contributed by atoms with Gasteiger partial charge in [0.1, 0.15) is 5.75 Å². The topological polar surface area (TPSA) is 86.6 Å². The summed E-state index contributed by atoms with van der Waals surface area (Å²) in [5.74, 6) is 0.577. The molecule has 1 aliphatic rings. The predicted octanol–water partition coefficient (Wildman–Crippen LogP) is 4.36. The van der Waals surface area contributed by atoms with Gasteiger partial charge in [-0.1, -0.05) is 18.9 Å². The Morgan fingerprint density at radius 2 is 1.85 bits per heavy atom. The van der Waals surface area contributed by atoms with Gasteiger partial charge < -0.3 is 19.4 Å². The summed E-state index contributed by atoms with van der Waals surface area (Å²) in [6.07, 6.45) is 6.88. The molecular formula is C26H28N2O5. The van der Waals surface area contributed by atoms with E-state index in [2.05, 4.69) is 5.32 Å². The maximum Gasteiger partial charge on any atom is 0.337 e. The third-order valence-electron chi connectivity index (χ3n) is 6.26. The number of carbonyl (C=O) groups excluding carboxylic acids is 2. The molecule has 7 heteroatoms. The quantitative estimate of drug-likeness (QED) is 0.543. The van der Waals surface area contributed by atoms with E-state index in [4.69, 9.17) is 9.47 Å². The Morgan fingerprint density at radius 3 is 2.58 bits per heavy atom. The lowest BCUT2D eigenvalue weighted by Gasteiger charge is -2.15. The first-order chi connectivity index (χ1) is 16.0. The van der Waals surface area contributed by atoms with Crippen LogP contribution in [-0.4, -0.2) is 30.7 Å². The highest BCUT2D eigenvalue weighted by Crippen LogP contribution is 2.28. The highest BCUT2D eigenvalue weighted by molar-refractivity contribution is 5.94. The van der Waals surface area contributed by atoms with Gasteiger partial charge in [0.05, 0.1) is 31.8 Å². The van der Waals surface area contributed by atoms with Crippen molar-refractivity contribution in [1.29, 1.82) is 0 Å². The smallest absolute Gasteiger partial charge is 0.337 e. The van der Waals surface area contributed by atoms with Gasteiger partial charge in [0, 0.05) is 35.3 Å². The number of aromatic nitrogens is 1. The molecule has 0 spiro atoms. The minimum Gasteiger partial charge on any atom is -0.496 e. The summed E-state index contributed by atoms with van der Waals surface area (Å²) < 4.78 is 12.2. The fraction of sp³-hybridized carbons (Fsp3) is 0.346. The molecule has 1 N–H and O–H groups in total. The van der Waals surface area contributed by atoms with Crippen molar-refractivity contribution >= 4 is 28.5 Å². The van der Waals surface area contributed by atoms with Crippen molar-refractivity contribution in [3.05, 3.63) is 70.0 Å². The zero-order valence-corrected chi connectivity index (χ0v) is 18.9. The molecule has 1 amide bonds. The largest absolute Gasteiger partial charge is 0.496 e. The Balaban J connectivity index is 1.59. The van der Waals surface area contributed by atoms with E-state index in [1.165, 1.54) is 26.0 Å². The van der Waals surface area contributed by atoms with E-state index in [9.17, 15) is 14.4 Å². The number of fused-ring (bicyclic) bond motifs is 1. The van der Waals surface area contributed by atoms with Gasteiger partial charge in [0.15, 0.2) is 5.43 Å². The van der Waals surface area contributed by atoms with E-state index in [-0.39, 0.29) is 11.3 Å². The van der Waals surface area contributed by atoms with Gasteiger partial charge in [-0.25, -0.2) is 4.79 Å². The molecule has 172 valence electrons. The van der Waals surface area contributed by atoms with Gasteiger partial charge in [-0.05, 0) is 49.1 Å². The number of esters is 1. The van der Waals surface area contributed by atoms with Crippen molar-refractivity contribution in [2.75, 3.05) is 19.5 Å². The van der Waals surface area contributed by atoms with Crippen LogP contribution in [-0.2, 0) is 16.1 Å². The van der Waals surface area contributed by atoms with Crippen molar-refractivity contribution in [1.82, 2.24) is 4.57 Å². The van der Waals surface area contributed by atoms with Crippen LogP contribution in [0.3, 0.4) is 0 Å². The van der Waals surface area contributed by atoms with Gasteiger partial charge in [-0.3, -0.25) is 9.59 Å². The normalized spacial score (nSPS) is 13.8. The summed E-state index contributed by atoms with van der Waals surface area (Å²) >= 11 is 0. The number of hydrogen-bond donors (Lipinski definition) is 1. The van der Waals surface area contributed by atoms with Crippen molar-refractivity contribution in [2.45, 2.75) is 38.6 Å². The number of anilines is 1. The number of pyridine rings is 1. The maximum atomic E-state index is 12.6. The Morgan fingerprint density at radius 1 is 1.06 bits per heavy atom. The summed E-state index contributed by atoms with van der Waals surface area (Å²) in [5, 5.41) is 3.48. The second-order valence-electron chi connectivity index (χ2n) is 8.46. The predicted molar refractivity (Wildman–Crippen MR) is 127 cm³/mol. The molecule has 0 atom stereocenters. The summed E-state index contributed by atoms with van der Waals surface area (Å²) in [6, 6.07) is 12.1. The minimum atomic E-state index is -0.434. The van der Waals surface area contributed by atoms with Crippen molar-refractivity contribution in [2.24, 2.45) is 5.92 Å². The fourth-order valence-electron chi connectivity index (χ4n) is 4.52. The number of nitrogens with zero attached hydrogens (tertiary/aromatic N) is 1. The molecule has 1 saturated carbocycles. The number of carbonyl (C=O) groups is 2. The summed E-state index contributed by atoms with van der Waals surface area (Å²) in [6.45, 7) is 0.439.